The Kier molecular flexibility index (Phi) is 2.25. The summed E-state index contributed by atoms with van der Waals surface area (Å²) in [5, 5.41) is 12.8. The lowest BCUT2D eigenvalue weighted by molar-refractivity contribution is -0.114. The number of aliphatic hydroxyl groups excluding tert-OH is 1. The quantitative estimate of drug-likeness (QED) is 0.815. The van der Waals surface area contributed by atoms with E-state index in [1.807, 2.05) is 36.4 Å². The van der Waals surface area contributed by atoms with Gasteiger partial charge in [-0.2, -0.15) is 0 Å². The number of rotatable bonds is 2. The van der Waals surface area contributed by atoms with E-state index in [2.05, 4.69) is 5.32 Å². The maximum absolute atomic E-state index is 11.8. The Labute approximate surface area is 99.5 Å². The molecular formula is C14H13NO2. The Bertz CT molecular complexity index is 524. The van der Waals surface area contributed by atoms with Gasteiger partial charge >= 0.3 is 0 Å². The number of aliphatic hydroxyl groups is 1. The minimum absolute atomic E-state index is 0.0769. The molecule has 0 bridgehead atoms. The molecule has 2 aliphatic rings. The van der Waals surface area contributed by atoms with E-state index in [0.29, 0.717) is 17.2 Å². The van der Waals surface area contributed by atoms with Crippen molar-refractivity contribution in [3.63, 3.8) is 0 Å². The van der Waals surface area contributed by atoms with E-state index in [1.165, 1.54) is 0 Å². The van der Waals surface area contributed by atoms with Gasteiger partial charge in [0.2, 0.25) is 0 Å². The lowest BCUT2D eigenvalue weighted by atomic mass is 10.1. The molecule has 1 fully saturated rings. The Morgan fingerprint density at radius 2 is 1.94 bits per heavy atom. The summed E-state index contributed by atoms with van der Waals surface area (Å²) in [6, 6.07) is 9.24. The van der Waals surface area contributed by atoms with Gasteiger partial charge in [0.25, 0.3) is 5.91 Å². The first kappa shape index (κ1) is 10.1. The fraction of sp³-hybridized carbons (Fsp3) is 0.214. The molecule has 0 unspecified atom stereocenters. The molecule has 1 amide bonds. The van der Waals surface area contributed by atoms with Crippen molar-refractivity contribution in [1.29, 1.82) is 0 Å². The Morgan fingerprint density at radius 1 is 1.24 bits per heavy atom. The van der Waals surface area contributed by atoms with E-state index in [4.69, 9.17) is 0 Å². The number of carbonyl (C=O) groups is 1. The molecule has 86 valence electrons. The van der Waals surface area contributed by atoms with Crippen LogP contribution in [0.1, 0.15) is 18.4 Å². The standard InChI is InChI=1S/C14H13NO2/c16-13-11(8-9-6-7-9)15-14(17)12(13)10-4-2-1-3-5-10/h1-5,8-9,16H,6-7H2,(H,15,17)/b11-8+. The zero-order valence-corrected chi connectivity index (χ0v) is 9.31. The van der Waals surface area contributed by atoms with Gasteiger partial charge in [0, 0.05) is 0 Å². The van der Waals surface area contributed by atoms with E-state index in [-0.39, 0.29) is 11.7 Å². The molecular weight excluding hydrogens is 214 g/mol. The molecule has 0 spiro atoms. The van der Waals surface area contributed by atoms with E-state index in [0.717, 1.165) is 18.4 Å². The van der Waals surface area contributed by atoms with Crippen molar-refractivity contribution in [3.8, 4) is 0 Å². The van der Waals surface area contributed by atoms with Crippen molar-refractivity contribution in [3.05, 3.63) is 53.4 Å². The molecule has 1 aromatic carbocycles. The van der Waals surface area contributed by atoms with Crippen LogP contribution in [0.2, 0.25) is 0 Å². The largest absolute Gasteiger partial charge is 0.505 e. The molecule has 1 aromatic rings. The van der Waals surface area contributed by atoms with Gasteiger partial charge in [-0.05, 0) is 24.3 Å². The highest BCUT2D eigenvalue weighted by molar-refractivity contribution is 6.24. The Morgan fingerprint density at radius 3 is 2.59 bits per heavy atom. The van der Waals surface area contributed by atoms with Crippen LogP contribution in [-0.2, 0) is 4.79 Å². The number of carbonyl (C=O) groups excluding carboxylic acids is 1. The second kappa shape index (κ2) is 3.77. The average molecular weight is 227 g/mol. The number of nitrogens with one attached hydrogen (secondary N) is 1. The SMILES string of the molecule is O=C1N/C(=C/C2CC2)C(O)=C1c1ccccc1. The fourth-order valence-electron chi connectivity index (χ4n) is 1.98. The van der Waals surface area contributed by atoms with Gasteiger partial charge in [-0.1, -0.05) is 36.4 Å². The van der Waals surface area contributed by atoms with Crippen molar-refractivity contribution < 1.29 is 9.90 Å². The molecule has 0 aromatic heterocycles. The van der Waals surface area contributed by atoms with Crippen molar-refractivity contribution in [2.24, 2.45) is 5.92 Å². The highest BCUT2D eigenvalue weighted by Crippen LogP contribution is 2.34. The maximum atomic E-state index is 11.8. The summed E-state index contributed by atoms with van der Waals surface area (Å²) < 4.78 is 0. The number of amides is 1. The topological polar surface area (TPSA) is 49.3 Å². The maximum Gasteiger partial charge on any atom is 0.260 e. The molecule has 1 aliphatic heterocycles. The molecule has 0 saturated heterocycles. The lowest BCUT2D eigenvalue weighted by Gasteiger charge is -1.99. The van der Waals surface area contributed by atoms with Gasteiger partial charge in [0.15, 0.2) is 5.76 Å². The molecule has 1 saturated carbocycles. The zero-order valence-electron chi connectivity index (χ0n) is 9.31. The van der Waals surface area contributed by atoms with E-state index >= 15 is 0 Å². The van der Waals surface area contributed by atoms with Gasteiger partial charge in [-0.15, -0.1) is 0 Å². The smallest absolute Gasteiger partial charge is 0.260 e. The molecule has 0 atom stereocenters. The first-order chi connectivity index (χ1) is 8.25. The third-order valence-electron chi connectivity index (χ3n) is 3.05. The number of hydrogen-bond acceptors (Lipinski definition) is 2. The summed E-state index contributed by atoms with van der Waals surface area (Å²) >= 11 is 0. The van der Waals surface area contributed by atoms with Crippen LogP contribution in [0.3, 0.4) is 0 Å². The molecule has 1 aliphatic carbocycles. The van der Waals surface area contributed by atoms with Crippen molar-refractivity contribution in [1.82, 2.24) is 5.32 Å². The first-order valence-electron chi connectivity index (χ1n) is 5.78. The van der Waals surface area contributed by atoms with Gasteiger partial charge in [-0.25, -0.2) is 0 Å². The predicted octanol–water partition coefficient (Wildman–Crippen LogP) is 2.38. The van der Waals surface area contributed by atoms with E-state index in [9.17, 15) is 9.90 Å². The molecule has 0 radical (unpaired) electrons. The Balaban J connectivity index is 2.02. The highest BCUT2D eigenvalue weighted by Gasteiger charge is 2.30. The fourth-order valence-corrected chi connectivity index (χ4v) is 1.98. The van der Waals surface area contributed by atoms with Crippen molar-refractivity contribution in [2.75, 3.05) is 0 Å². The number of benzene rings is 1. The van der Waals surface area contributed by atoms with Crippen LogP contribution in [0.5, 0.6) is 0 Å². The summed E-state index contributed by atoms with van der Waals surface area (Å²) in [5.41, 5.74) is 1.69. The van der Waals surface area contributed by atoms with Crippen LogP contribution < -0.4 is 5.32 Å². The van der Waals surface area contributed by atoms with Crippen molar-refractivity contribution >= 4 is 11.5 Å². The lowest BCUT2D eigenvalue weighted by Crippen LogP contribution is -2.16. The second-order valence-corrected chi connectivity index (χ2v) is 4.46. The van der Waals surface area contributed by atoms with Crippen LogP contribution in [0.4, 0.5) is 0 Å². The van der Waals surface area contributed by atoms with Crippen LogP contribution in [-0.4, -0.2) is 11.0 Å². The van der Waals surface area contributed by atoms with Crippen LogP contribution in [0.25, 0.3) is 5.57 Å². The first-order valence-corrected chi connectivity index (χ1v) is 5.78. The molecule has 3 nitrogen and oxygen atoms in total. The van der Waals surface area contributed by atoms with Crippen LogP contribution in [0.15, 0.2) is 47.9 Å². The van der Waals surface area contributed by atoms with Crippen LogP contribution in [0, 0.1) is 5.92 Å². The molecule has 1 heterocycles. The van der Waals surface area contributed by atoms with Gasteiger partial charge in [0.05, 0.1) is 11.3 Å². The van der Waals surface area contributed by atoms with Crippen LogP contribution >= 0.6 is 0 Å². The third-order valence-corrected chi connectivity index (χ3v) is 3.05. The summed E-state index contributed by atoms with van der Waals surface area (Å²) in [6.07, 6.45) is 4.24. The van der Waals surface area contributed by atoms with Gasteiger partial charge < -0.3 is 10.4 Å². The molecule has 17 heavy (non-hydrogen) atoms. The number of allylic oxidation sites excluding steroid dienone is 1. The minimum Gasteiger partial charge on any atom is -0.505 e. The van der Waals surface area contributed by atoms with E-state index in [1.54, 1.807) is 0 Å². The van der Waals surface area contributed by atoms with E-state index < -0.39 is 0 Å². The summed E-state index contributed by atoms with van der Waals surface area (Å²) in [4.78, 5) is 11.8. The Hall–Kier alpha value is -2.03. The van der Waals surface area contributed by atoms with Gasteiger partial charge in [-0.3, -0.25) is 4.79 Å². The summed E-state index contributed by atoms with van der Waals surface area (Å²) in [7, 11) is 0. The summed E-state index contributed by atoms with van der Waals surface area (Å²) in [5.74, 6) is 0.372. The highest BCUT2D eigenvalue weighted by atomic mass is 16.3. The number of hydrogen-bond donors (Lipinski definition) is 2. The predicted molar refractivity (Wildman–Crippen MR) is 64.9 cm³/mol. The third kappa shape index (κ3) is 1.84. The molecule has 2 N–H and O–H groups in total. The molecule has 3 heteroatoms. The summed E-state index contributed by atoms with van der Waals surface area (Å²) in [6.45, 7) is 0. The normalized spacial score (nSPS) is 22.1. The minimum atomic E-state index is -0.222. The van der Waals surface area contributed by atoms with Crippen molar-refractivity contribution in [2.45, 2.75) is 12.8 Å². The molecule has 3 rings (SSSR count). The monoisotopic (exact) mass is 227 g/mol. The second-order valence-electron chi connectivity index (χ2n) is 4.46. The zero-order chi connectivity index (χ0) is 11.8. The van der Waals surface area contributed by atoms with Gasteiger partial charge in [0.1, 0.15) is 0 Å². The average Bonchev–Trinajstić information content (AvgIpc) is 3.09.